The number of aliphatic hydroxyl groups is 1. The number of ketones is 1. The molecule has 5 nitrogen and oxygen atoms in total. The largest absolute Gasteiger partial charge is 0.466 e. The first-order chi connectivity index (χ1) is 13.7. The van der Waals surface area contributed by atoms with Crippen LogP contribution in [0.15, 0.2) is 10.8 Å². The first-order valence-electron chi connectivity index (χ1n) is 10.8. The summed E-state index contributed by atoms with van der Waals surface area (Å²) in [4.78, 5) is 23.9. The quantitative estimate of drug-likeness (QED) is 0.284. The molecule has 1 N–H and O–H groups in total. The van der Waals surface area contributed by atoms with Crippen LogP contribution in [0.3, 0.4) is 0 Å². The number of hydrogen-bond donors (Lipinski definition) is 1. The lowest BCUT2D eigenvalue weighted by Gasteiger charge is -2.33. The fourth-order valence-corrected chi connectivity index (χ4v) is 5.23. The lowest BCUT2D eigenvalue weighted by Crippen LogP contribution is -2.38. The number of thiophene rings is 1. The highest BCUT2D eigenvalue weighted by Crippen LogP contribution is 2.36. The third-order valence-corrected chi connectivity index (χ3v) is 7.83. The molecule has 0 aliphatic heterocycles. The van der Waals surface area contributed by atoms with E-state index in [1.807, 2.05) is 13.8 Å². The van der Waals surface area contributed by atoms with Crippen molar-refractivity contribution in [2.75, 3.05) is 6.61 Å². The van der Waals surface area contributed by atoms with E-state index in [-0.39, 0.29) is 41.8 Å². The van der Waals surface area contributed by atoms with Crippen LogP contribution >= 0.6 is 11.3 Å². The van der Waals surface area contributed by atoms with Crippen LogP contribution in [0.4, 0.5) is 0 Å². The van der Waals surface area contributed by atoms with E-state index in [1.165, 1.54) is 0 Å². The van der Waals surface area contributed by atoms with Gasteiger partial charge in [-0.25, -0.2) is 0 Å². The van der Waals surface area contributed by atoms with Crippen molar-refractivity contribution < 1.29 is 23.9 Å². The average Bonchev–Trinajstić information content (AvgIpc) is 3.07. The third-order valence-electron chi connectivity index (χ3n) is 5.31. The molecule has 1 aromatic heterocycles. The Morgan fingerprint density at radius 3 is 2.33 bits per heavy atom. The molecular weight excluding hydrogens is 416 g/mol. The summed E-state index contributed by atoms with van der Waals surface area (Å²) < 4.78 is 11.2. The fourth-order valence-electron chi connectivity index (χ4n) is 3.23. The van der Waals surface area contributed by atoms with Crippen LogP contribution in [-0.4, -0.2) is 38.8 Å². The monoisotopic (exact) mass is 456 g/mol. The summed E-state index contributed by atoms with van der Waals surface area (Å²) in [7, 11) is -0.711. The van der Waals surface area contributed by atoms with Gasteiger partial charge in [0.25, 0.3) is 0 Å². The smallest absolute Gasteiger partial charge is 0.313 e. The lowest BCUT2D eigenvalue weighted by molar-refractivity contribution is -0.146. The summed E-state index contributed by atoms with van der Waals surface area (Å²) in [5.74, 6) is -0.922. The molecule has 0 aliphatic carbocycles. The molecule has 0 aromatic carbocycles. The van der Waals surface area contributed by atoms with Crippen molar-refractivity contribution in [1.82, 2.24) is 0 Å². The van der Waals surface area contributed by atoms with E-state index in [2.05, 4.69) is 45.4 Å². The molecule has 0 saturated heterocycles. The van der Waals surface area contributed by atoms with E-state index >= 15 is 0 Å². The highest BCUT2D eigenvalue weighted by Gasteiger charge is 2.35. The van der Waals surface area contributed by atoms with Gasteiger partial charge in [-0.15, -0.1) is 0 Å². The van der Waals surface area contributed by atoms with Crippen molar-refractivity contribution in [2.45, 2.75) is 97.3 Å². The van der Waals surface area contributed by atoms with Gasteiger partial charge < -0.3 is 14.3 Å². The molecule has 0 bridgehead atoms. The topological polar surface area (TPSA) is 72.8 Å². The Hall–Kier alpha value is -1.02. The molecule has 1 atom stereocenters. The second-order valence-electron chi connectivity index (χ2n) is 10.1. The number of hydrogen-bond acceptors (Lipinski definition) is 6. The van der Waals surface area contributed by atoms with Crippen LogP contribution in [0.5, 0.6) is 0 Å². The normalized spacial score (nSPS) is 15.0. The molecule has 0 fully saturated rings. The van der Waals surface area contributed by atoms with Gasteiger partial charge >= 0.3 is 5.97 Å². The van der Waals surface area contributed by atoms with Gasteiger partial charge in [-0.1, -0.05) is 34.6 Å². The van der Waals surface area contributed by atoms with Gasteiger partial charge in [0.15, 0.2) is 9.76 Å². The van der Waals surface area contributed by atoms with Crippen LogP contribution in [0, 0.1) is 5.92 Å². The van der Waals surface area contributed by atoms with E-state index < -0.39 is 21.3 Å². The van der Waals surface area contributed by atoms with Crippen molar-refractivity contribution in [3.63, 3.8) is 0 Å². The molecule has 7 heteroatoms. The third kappa shape index (κ3) is 8.61. The van der Waals surface area contributed by atoms with E-state index in [4.69, 9.17) is 9.16 Å². The molecule has 172 valence electrons. The molecule has 30 heavy (non-hydrogen) atoms. The number of carbonyl (C=O) groups is 2. The minimum atomic E-state index is -1.16. The Bertz CT molecular complexity index is 705. The molecule has 0 saturated carbocycles. The van der Waals surface area contributed by atoms with Crippen LogP contribution in [-0.2, 0) is 30.8 Å². The Labute approximate surface area is 188 Å². The van der Waals surface area contributed by atoms with Gasteiger partial charge in [-0.05, 0) is 66.5 Å². The zero-order valence-electron chi connectivity index (χ0n) is 20.0. The van der Waals surface area contributed by atoms with Crippen molar-refractivity contribution in [3.8, 4) is 0 Å². The van der Waals surface area contributed by atoms with Gasteiger partial charge in [0.05, 0.1) is 17.8 Å². The lowest BCUT2D eigenvalue weighted by atomic mass is 9.80. The maximum absolute atomic E-state index is 12.3. The van der Waals surface area contributed by atoms with Crippen molar-refractivity contribution >= 4 is 32.9 Å². The number of esters is 1. The van der Waals surface area contributed by atoms with Crippen molar-refractivity contribution in [2.24, 2.45) is 5.92 Å². The maximum Gasteiger partial charge on any atom is 0.313 e. The standard InChI is InChI=1S/C23H40O5SSi/c1-9-27-20(25)12-18(24)13-23(26,16(2)3)11-10-17-14-29-15-19(17)22(7,8)28-30-21(4,5)6/h14-16,26H,9-13,30H2,1-8H3. The second kappa shape index (κ2) is 11.0. The zero-order chi connectivity index (χ0) is 23.2. The van der Waals surface area contributed by atoms with Crippen LogP contribution < -0.4 is 0 Å². The summed E-state index contributed by atoms with van der Waals surface area (Å²) in [6.45, 7) is 16.6. The van der Waals surface area contributed by atoms with Crippen molar-refractivity contribution in [1.29, 1.82) is 0 Å². The minimum Gasteiger partial charge on any atom is -0.466 e. The first kappa shape index (κ1) is 27.0. The molecule has 0 spiro atoms. The summed E-state index contributed by atoms with van der Waals surface area (Å²) in [6.07, 6.45) is 0.782. The number of rotatable bonds is 12. The van der Waals surface area contributed by atoms with E-state index in [9.17, 15) is 14.7 Å². The fraction of sp³-hybridized carbons (Fsp3) is 0.739. The summed E-state index contributed by atoms with van der Waals surface area (Å²) in [5, 5.41) is 15.7. The summed E-state index contributed by atoms with van der Waals surface area (Å²) in [6, 6.07) is 0. The number of carbonyl (C=O) groups excluding carboxylic acids is 2. The van der Waals surface area contributed by atoms with Gasteiger partial charge in [0.1, 0.15) is 12.2 Å². The molecule has 1 aromatic rings. The zero-order valence-corrected chi connectivity index (χ0v) is 22.2. The predicted octanol–water partition coefficient (Wildman–Crippen LogP) is 4.53. The average molecular weight is 457 g/mol. The summed E-state index contributed by atoms with van der Waals surface area (Å²) in [5.41, 5.74) is 0.788. The number of ether oxygens (including phenoxy) is 1. The highest BCUT2D eigenvalue weighted by molar-refractivity contribution is 7.08. The molecule has 1 heterocycles. The van der Waals surface area contributed by atoms with Crippen LogP contribution in [0.25, 0.3) is 0 Å². The van der Waals surface area contributed by atoms with Crippen LogP contribution in [0.1, 0.15) is 85.8 Å². The Balaban J connectivity index is 2.86. The molecule has 1 rings (SSSR count). The van der Waals surface area contributed by atoms with Gasteiger partial charge in [-0.2, -0.15) is 11.3 Å². The maximum atomic E-state index is 12.3. The first-order valence-corrected chi connectivity index (χ1v) is 13.0. The Kier molecular flexibility index (Phi) is 9.93. The van der Waals surface area contributed by atoms with Gasteiger partial charge in [0, 0.05) is 6.42 Å². The SMILES string of the molecule is CCOC(=O)CC(=O)CC(O)(CCc1cscc1C(C)(C)O[SiH2]C(C)(C)C)C(C)C. The number of aryl methyl sites for hydroxylation is 1. The Morgan fingerprint density at radius 1 is 1.17 bits per heavy atom. The molecule has 0 radical (unpaired) electrons. The van der Waals surface area contributed by atoms with Crippen LogP contribution in [0.2, 0.25) is 5.04 Å². The summed E-state index contributed by atoms with van der Waals surface area (Å²) >= 11 is 1.64. The highest BCUT2D eigenvalue weighted by atomic mass is 32.1. The van der Waals surface area contributed by atoms with Gasteiger partial charge in [-0.3, -0.25) is 9.59 Å². The second-order valence-corrected chi connectivity index (χ2v) is 13.6. The minimum absolute atomic E-state index is 0.0419. The molecule has 1 unspecified atom stereocenters. The molecule has 0 amide bonds. The number of Topliss-reactive ketones (excluding diaryl/α,β-unsaturated/α-hetero) is 1. The van der Waals surface area contributed by atoms with Gasteiger partial charge in [0.2, 0.25) is 0 Å². The molecule has 0 aliphatic rings. The van der Waals surface area contributed by atoms with Crippen molar-refractivity contribution in [3.05, 3.63) is 21.9 Å². The van der Waals surface area contributed by atoms with E-state index in [0.29, 0.717) is 12.8 Å². The van der Waals surface area contributed by atoms with E-state index in [0.717, 1.165) is 11.1 Å². The Morgan fingerprint density at radius 2 is 1.80 bits per heavy atom. The molecular formula is C23H40O5SSi. The predicted molar refractivity (Wildman–Crippen MR) is 126 cm³/mol. The van der Waals surface area contributed by atoms with E-state index in [1.54, 1.807) is 18.3 Å².